The molecule has 26 heavy (non-hydrogen) atoms. The first-order chi connectivity index (χ1) is 12.7. The van der Waals surface area contributed by atoms with E-state index in [0.29, 0.717) is 17.3 Å². The maximum absolute atomic E-state index is 12.6. The van der Waals surface area contributed by atoms with Crippen LogP contribution < -0.4 is 5.76 Å². The van der Waals surface area contributed by atoms with Gasteiger partial charge in [0.05, 0.1) is 12.2 Å². The first kappa shape index (κ1) is 16.4. The molecule has 128 valence electrons. The molecular weight excluding hydrogens is 346 g/mol. The van der Waals surface area contributed by atoms with E-state index in [1.54, 1.807) is 4.57 Å². The van der Waals surface area contributed by atoms with E-state index in [0.717, 1.165) is 22.4 Å². The van der Waals surface area contributed by atoms with Crippen LogP contribution in [-0.4, -0.2) is 4.57 Å². The minimum atomic E-state index is -0.377. The van der Waals surface area contributed by atoms with Crippen molar-refractivity contribution in [2.75, 3.05) is 0 Å². The lowest BCUT2D eigenvalue weighted by atomic mass is 10.1. The number of hydrogen-bond acceptors (Lipinski definition) is 2. The lowest BCUT2D eigenvalue weighted by Gasteiger charge is -2.09. The minimum absolute atomic E-state index is 0.377. The quantitative estimate of drug-likeness (QED) is 0.482. The predicted octanol–water partition coefficient (Wildman–Crippen LogP) is 5.48. The second-order valence-electron chi connectivity index (χ2n) is 5.99. The standard InChI is InChI=1S/C22H16ClNO2/c23-19-13-11-17(12-14-19)20-21(18-9-5-2-6-10-18)26-22(25)24(20)15-16-7-3-1-4-8-16/h1-14H,15H2. The van der Waals surface area contributed by atoms with E-state index in [2.05, 4.69) is 0 Å². The molecule has 0 amide bonds. The van der Waals surface area contributed by atoms with Crippen LogP contribution >= 0.6 is 11.6 Å². The molecule has 0 aliphatic heterocycles. The number of oxazole rings is 1. The van der Waals surface area contributed by atoms with Crippen LogP contribution in [0.25, 0.3) is 22.6 Å². The van der Waals surface area contributed by atoms with Crippen LogP contribution in [0, 0.1) is 0 Å². The zero-order valence-electron chi connectivity index (χ0n) is 13.9. The summed E-state index contributed by atoms with van der Waals surface area (Å²) in [6.07, 6.45) is 0. The van der Waals surface area contributed by atoms with Crippen molar-refractivity contribution in [3.8, 4) is 22.6 Å². The highest BCUT2D eigenvalue weighted by Gasteiger charge is 2.20. The van der Waals surface area contributed by atoms with E-state index in [1.807, 2.05) is 84.9 Å². The zero-order valence-corrected chi connectivity index (χ0v) is 14.7. The Balaban J connectivity index is 1.92. The van der Waals surface area contributed by atoms with E-state index in [9.17, 15) is 4.79 Å². The third-order valence-electron chi connectivity index (χ3n) is 4.23. The highest BCUT2D eigenvalue weighted by molar-refractivity contribution is 6.30. The van der Waals surface area contributed by atoms with Gasteiger partial charge in [0.25, 0.3) is 0 Å². The Labute approximate surface area is 156 Å². The molecule has 0 bridgehead atoms. The van der Waals surface area contributed by atoms with Gasteiger partial charge >= 0.3 is 5.76 Å². The molecule has 4 rings (SSSR count). The molecule has 0 aliphatic rings. The molecule has 0 N–H and O–H groups in total. The van der Waals surface area contributed by atoms with Crippen molar-refractivity contribution in [1.82, 2.24) is 4.57 Å². The van der Waals surface area contributed by atoms with Gasteiger partial charge in [0.15, 0.2) is 5.76 Å². The first-order valence-electron chi connectivity index (χ1n) is 8.31. The van der Waals surface area contributed by atoms with Crippen LogP contribution in [0.3, 0.4) is 0 Å². The van der Waals surface area contributed by atoms with E-state index >= 15 is 0 Å². The summed E-state index contributed by atoms with van der Waals surface area (Å²) in [5.74, 6) is 0.187. The van der Waals surface area contributed by atoms with Crippen molar-refractivity contribution in [1.29, 1.82) is 0 Å². The lowest BCUT2D eigenvalue weighted by Crippen LogP contribution is -2.16. The normalized spacial score (nSPS) is 10.8. The summed E-state index contributed by atoms with van der Waals surface area (Å²) in [4.78, 5) is 12.6. The van der Waals surface area contributed by atoms with E-state index in [4.69, 9.17) is 16.0 Å². The Morgan fingerprint density at radius 3 is 2.04 bits per heavy atom. The van der Waals surface area contributed by atoms with Gasteiger partial charge in [-0.05, 0) is 17.7 Å². The van der Waals surface area contributed by atoms with Crippen LogP contribution in [-0.2, 0) is 6.54 Å². The van der Waals surface area contributed by atoms with Crippen molar-refractivity contribution in [2.45, 2.75) is 6.54 Å². The summed E-state index contributed by atoms with van der Waals surface area (Å²) in [6.45, 7) is 0.438. The van der Waals surface area contributed by atoms with E-state index < -0.39 is 0 Å². The van der Waals surface area contributed by atoms with Gasteiger partial charge in [-0.1, -0.05) is 84.4 Å². The van der Waals surface area contributed by atoms with Crippen molar-refractivity contribution < 1.29 is 4.42 Å². The molecule has 0 spiro atoms. The molecule has 1 aromatic heterocycles. The Bertz CT molecular complexity index is 1060. The van der Waals surface area contributed by atoms with Gasteiger partial charge < -0.3 is 4.42 Å². The maximum Gasteiger partial charge on any atom is 0.420 e. The Kier molecular flexibility index (Phi) is 4.46. The average Bonchev–Trinajstić information content (AvgIpc) is 3.00. The number of nitrogens with zero attached hydrogens (tertiary/aromatic N) is 1. The summed E-state index contributed by atoms with van der Waals surface area (Å²) in [5, 5.41) is 0.649. The lowest BCUT2D eigenvalue weighted by molar-refractivity contribution is 0.497. The molecule has 0 aliphatic carbocycles. The third-order valence-corrected chi connectivity index (χ3v) is 4.48. The molecule has 0 saturated heterocycles. The Morgan fingerprint density at radius 2 is 1.38 bits per heavy atom. The zero-order chi connectivity index (χ0) is 17.9. The summed E-state index contributed by atoms with van der Waals surface area (Å²) in [7, 11) is 0. The molecule has 0 atom stereocenters. The Morgan fingerprint density at radius 1 is 0.769 bits per heavy atom. The second-order valence-corrected chi connectivity index (χ2v) is 6.43. The van der Waals surface area contributed by atoms with Crippen molar-refractivity contribution in [3.63, 3.8) is 0 Å². The monoisotopic (exact) mass is 361 g/mol. The number of hydrogen-bond donors (Lipinski definition) is 0. The van der Waals surface area contributed by atoms with Gasteiger partial charge in [0.2, 0.25) is 0 Å². The maximum atomic E-state index is 12.6. The smallest absolute Gasteiger partial charge is 0.407 e. The molecule has 0 saturated carbocycles. The van der Waals surface area contributed by atoms with Crippen LogP contribution in [0.15, 0.2) is 94.1 Å². The summed E-state index contributed by atoms with van der Waals surface area (Å²) >= 11 is 6.04. The highest BCUT2D eigenvalue weighted by Crippen LogP contribution is 2.32. The minimum Gasteiger partial charge on any atom is -0.407 e. The highest BCUT2D eigenvalue weighted by atomic mass is 35.5. The molecular formula is C22H16ClNO2. The van der Waals surface area contributed by atoms with E-state index in [1.165, 1.54) is 0 Å². The van der Waals surface area contributed by atoms with Crippen molar-refractivity contribution >= 4 is 11.6 Å². The van der Waals surface area contributed by atoms with Crippen LogP contribution in [0.1, 0.15) is 5.56 Å². The third kappa shape index (κ3) is 3.22. The van der Waals surface area contributed by atoms with Gasteiger partial charge in [-0.25, -0.2) is 4.79 Å². The Hall–Kier alpha value is -3.04. The fourth-order valence-corrected chi connectivity index (χ4v) is 3.12. The summed E-state index contributed by atoms with van der Waals surface area (Å²) < 4.78 is 7.33. The van der Waals surface area contributed by atoms with Crippen LogP contribution in [0.2, 0.25) is 5.02 Å². The molecule has 3 aromatic carbocycles. The van der Waals surface area contributed by atoms with Crippen LogP contribution in [0.4, 0.5) is 0 Å². The SMILES string of the molecule is O=c1oc(-c2ccccc2)c(-c2ccc(Cl)cc2)n1Cc1ccccc1. The number of aromatic nitrogens is 1. The molecule has 0 unspecified atom stereocenters. The first-order valence-corrected chi connectivity index (χ1v) is 8.69. The predicted molar refractivity (Wildman–Crippen MR) is 104 cm³/mol. The molecule has 3 nitrogen and oxygen atoms in total. The van der Waals surface area contributed by atoms with Gasteiger partial charge in [0.1, 0.15) is 0 Å². The number of halogens is 1. The molecule has 1 heterocycles. The van der Waals surface area contributed by atoms with Gasteiger partial charge in [-0.15, -0.1) is 0 Å². The number of benzene rings is 3. The van der Waals surface area contributed by atoms with Gasteiger partial charge in [-0.3, -0.25) is 4.57 Å². The van der Waals surface area contributed by atoms with Crippen molar-refractivity contribution in [2.24, 2.45) is 0 Å². The average molecular weight is 362 g/mol. The van der Waals surface area contributed by atoms with E-state index in [-0.39, 0.29) is 5.76 Å². The van der Waals surface area contributed by atoms with Crippen molar-refractivity contribution in [3.05, 3.63) is 106 Å². The topological polar surface area (TPSA) is 35.1 Å². The number of rotatable bonds is 4. The van der Waals surface area contributed by atoms with Gasteiger partial charge in [0, 0.05) is 16.1 Å². The molecule has 4 aromatic rings. The largest absolute Gasteiger partial charge is 0.420 e. The van der Waals surface area contributed by atoms with Gasteiger partial charge in [-0.2, -0.15) is 0 Å². The molecule has 0 radical (unpaired) electrons. The fraction of sp³-hybridized carbons (Fsp3) is 0.0455. The summed E-state index contributed by atoms with van der Waals surface area (Å²) in [5.41, 5.74) is 3.53. The van der Waals surface area contributed by atoms with Crippen LogP contribution in [0.5, 0.6) is 0 Å². The summed E-state index contributed by atoms with van der Waals surface area (Å²) in [6, 6.07) is 27.0. The fourth-order valence-electron chi connectivity index (χ4n) is 2.99. The molecule has 4 heteroatoms. The molecule has 0 fully saturated rings. The second kappa shape index (κ2) is 7.06.